The Kier molecular flexibility index (Phi) is 3.74. The lowest BCUT2D eigenvalue weighted by atomic mass is 10.3. The Hall–Kier alpha value is 0.0900. The Bertz CT molecular complexity index is 405. The summed E-state index contributed by atoms with van der Waals surface area (Å²) in [6.45, 7) is 1.96. The van der Waals surface area contributed by atoms with Crippen molar-refractivity contribution in [1.82, 2.24) is 0 Å². The summed E-state index contributed by atoms with van der Waals surface area (Å²) < 4.78 is 23.0. The van der Waals surface area contributed by atoms with Crippen LogP contribution in [0, 0.1) is 6.92 Å². The van der Waals surface area contributed by atoms with Crippen LogP contribution < -0.4 is 5.73 Å². The molecule has 14 heavy (non-hydrogen) atoms. The minimum atomic E-state index is -3.01. The largest absolute Gasteiger partial charge is 0.322 e. The number of rotatable bonds is 3. The summed E-state index contributed by atoms with van der Waals surface area (Å²) in [5, 5.41) is 0. The summed E-state index contributed by atoms with van der Waals surface area (Å²) in [5.41, 5.74) is 5.77. The molecule has 1 atom stereocenters. The van der Waals surface area contributed by atoms with Crippen molar-refractivity contribution < 1.29 is 8.42 Å². The topological polar surface area (TPSA) is 60.2 Å². The second kappa shape index (κ2) is 4.30. The molecule has 1 heterocycles. The normalized spacial score (nSPS) is 14.3. The zero-order valence-corrected chi connectivity index (χ0v) is 11.2. The third kappa shape index (κ3) is 3.34. The van der Waals surface area contributed by atoms with Gasteiger partial charge in [0.2, 0.25) is 0 Å². The third-order valence-electron chi connectivity index (χ3n) is 1.72. The second-order valence-corrected chi connectivity index (χ2v) is 7.58. The average molecular weight is 298 g/mol. The predicted molar refractivity (Wildman–Crippen MR) is 63.4 cm³/mol. The molecule has 3 nitrogen and oxygen atoms in total. The van der Waals surface area contributed by atoms with Crippen molar-refractivity contribution in [3.8, 4) is 0 Å². The van der Waals surface area contributed by atoms with Crippen LogP contribution in [0.4, 0.5) is 0 Å². The molecule has 0 aromatic carbocycles. The van der Waals surface area contributed by atoms with Crippen LogP contribution >= 0.6 is 27.3 Å². The van der Waals surface area contributed by atoms with Crippen molar-refractivity contribution in [1.29, 1.82) is 0 Å². The molecule has 0 amide bonds. The molecule has 1 unspecified atom stereocenters. The van der Waals surface area contributed by atoms with Crippen LogP contribution in [0.2, 0.25) is 0 Å². The van der Waals surface area contributed by atoms with Gasteiger partial charge < -0.3 is 5.73 Å². The van der Waals surface area contributed by atoms with Gasteiger partial charge in [-0.15, -0.1) is 11.3 Å². The van der Waals surface area contributed by atoms with Gasteiger partial charge in [0.15, 0.2) is 0 Å². The number of sulfone groups is 1. The SMILES string of the molecule is Cc1sc(C(N)CS(C)(=O)=O)cc1Br. The predicted octanol–water partition coefficient (Wildman–Crippen LogP) is 1.86. The second-order valence-electron chi connectivity index (χ2n) is 3.25. The molecule has 1 rings (SSSR count). The molecule has 2 N–H and O–H groups in total. The van der Waals surface area contributed by atoms with E-state index >= 15 is 0 Å². The molecule has 1 aromatic heterocycles. The quantitative estimate of drug-likeness (QED) is 0.926. The summed E-state index contributed by atoms with van der Waals surface area (Å²) in [6.07, 6.45) is 1.20. The third-order valence-corrected chi connectivity index (χ3v) is 4.96. The highest BCUT2D eigenvalue weighted by Crippen LogP contribution is 2.30. The lowest BCUT2D eigenvalue weighted by Gasteiger charge is -2.06. The first-order chi connectivity index (χ1) is 6.29. The van der Waals surface area contributed by atoms with E-state index in [1.165, 1.54) is 17.6 Å². The van der Waals surface area contributed by atoms with Crippen LogP contribution in [0.3, 0.4) is 0 Å². The van der Waals surface area contributed by atoms with Gasteiger partial charge in [0.1, 0.15) is 9.84 Å². The first-order valence-corrected chi connectivity index (χ1v) is 7.66. The smallest absolute Gasteiger partial charge is 0.149 e. The van der Waals surface area contributed by atoms with E-state index in [1.807, 2.05) is 13.0 Å². The molecular formula is C8H12BrNO2S2. The molecule has 0 radical (unpaired) electrons. The highest BCUT2D eigenvalue weighted by atomic mass is 79.9. The molecule has 1 aromatic rings. The molecule has 0 saturated heterocycles. The Morgan fingerprint density at radius 2 is 2.21 bits per heavy atom. The van der Waals surface area contributed by atoms with Crippen molar-refractivity contribution in [3.63, 3.8) is 0 Å². The fraction of sp³-hybridized carbons (Fsp3) is 0.500. The highest BCUT2D eigenvalue weighted by Gasteiger charge is 2.15. The maximum atomic E-state index is 11.0. The van der Waals surface area contributed by atoms with Crippen LogP contribution in [0.25, 0.3) is 0 Å². The van der Waals surface area contributed by atoms with E-state index in [0.717, 1.165) is 14.2 Å². The summed E-state index contributed by atoms with van der Waals surface area (Å²) >= 11 is 4.90. The van der Waals surface area contributed by atoms with Gasteiger partial charge in [-0.1, -0.05) is 0 Å². The first-order valence-electron chi connectivity index (χ1n) is 3.99. The average Bonchev–Trinajstić information content (AvgIpc) is 2.28. The van der Waals surface area contributed by atoms with Crippen LogP contribution in [0.15, 0.2) is 10.5 Å². The lowest BCUT2D eigenvalue weighted by Crippen LogP contribution is -2.19. The Labute approximate surface area is 96.4 Å². The van der Waals surface area contributed by atoms with Gasteiger partial charge in [0, 0.05) is 20.5 Å². The molecule has 0 bridgehead atoms. The van der Waals surface area contributed by atoms with Crippen LogP contribution in [-0.4, -0.2) is 20.4 Å². The maximum Gasteiger partial charge on any atom is 0.149 e. The number of hydrogen-bond donors (Lipinski definition) is 1. The van der Waals surface area contributed by atoms with Gasteiger partial charge in [-0.3, -0.25) is 0 Å². The van der Waals surface area contributed by atoms with Gasteiger partial charge >= 0.3 is 0 Å². The number of hydrogen-bond acceptors (Lipinski definition) is 4. The van der Waals surface area contributed by atoms with Crippen LogP contribution in [0.5, 0.6) is 0 Å². The standard InChI is InChI=1S/C8H12BrNO2S2/c1-5-6(9)3-8(13-5)7(10)4-14(2,11)12/h3,7H,4,10H2,1-2H3. The molecule has 0 saturated carbocycles. The Morgan fingerprint density at radius 3 is 2.57 bits per heavy atom. The van der Waals surface area contributed by atoms with Crippen molar-refractivity contribution in [3.05, 3.63) is 20.3 Å². The van der Waals surface area contributed by atoms with E-state index in [1.54, 1.807) is 0 Å². The van der Waals surface area contributed by atoms with Crippen LogP contribution in [0.1, 0.15) is 15.8 Å². The monoisotopic (exact) mass is 297 g/mol. The molecule has 0 aliphatic heterocycles. The molecule has 0 fully saturated rings. The molecule has 80 valence electrons. The van der Waals surface area contributed by atoms with Gasteiger partial charge in [-0.05, 0) is 28.9 Å². The van der Waals surface area contributed by atoms with E-state index in [9.17, 15) is 8.42 Å². The molecule has 0 aliphatic rings. The van der Waals surface area contributed by atoms with E-state index in [0.29, 0.717) is 0 Å². The van der Waals surface area contributed by atoms with Crippen molar-refractivity contribution in [2.24, 2.45) is 5.73 Å². The van der Waals surface area contributed by atoms with E-state index in [4.69, 9.17) is 5.73 Å². The van der Waals surface area contributed by atoms with E-state index < -0.39 is 15.9 Å². The number of nitrogens with two attached hydrogens (primary N) is 1. The maximum absolute atomic E-state index is 11.0. The van der Waals surface area contributed by atoms with Gasteiger partial charge in [-0.25, -0.2) is 8.42 Å². The molecule has 6 heteroatoms. The van der Waals surface area contributed by atoms with Crippen molar-refractivity contribution >= 4 is 37.1 Å². The zero-order chi connectivity index (χ0) is 10.9. The Balaban J connectivity index is 2.85. The number of thiophene rings is 1. The molecular weight excluding hydrogens is 286 g/mol. The molecule has 0 spiro atoms. The molecule has 0 aliphatic carbocycles. The summed E-state index contributed by atoms with van der Waals surface area (Å²) in [5.74, 6) is -0.000602. The lowest BCUT2D eigenvalue weighted by molar-refractivity contribution is 0.595. The summed E-state index contributed by atoms with van der Waals surface area (Å²) in [7, 11) is -3.01. The van der Waals surface area contributed by atoms with Crippen molar-refractivity contribution in [2.75, 3.05) is 12.0 Å². The zero-order valence-electron chi connectivity index (χ0n) is 7.95. The van der Waals surface area contributed by atoms with E-state index in [2.05, 4.69) is 15.9 Å². The van der Waals surface area contributed by atoms with E-state index in [-0.39, 0.29) is 5.75 Å². The Morgan fingerprint density at radius 1 is 1.64 bits per heavy atom. The fourth-order valence-corrected chi connectivity index (χ4v) is 3.57. The summed E-state index contributed by atoms with van der Waals surface area (Å²) in [6, 6.07) is 1.47. The fourth-order valence-electron chi connectivity index (χ4n) is 1.07. The number of halogens is 1. The van der Waals surface area contributed by atoms with Gasteiger partial charge in [0.05, 0.1) is 11.8 Å². The van der Waals surface area contributed by atoms with Gasteiger partial charge in [0.25, 0.3) is 0 Å². The number of aryl methyl sites for hydroxylation is 1. The van der Waals surface area contributed by atoms with Crippen LogP contribution in [-0.2, 0) is 9.84 Å². The highest BCUT2D eigenvalue weighted by molar-refractivity contribution is 9.10. The van der Waals surface area contributed by atoms with Gasteiger partial charge in [-0.2, -0.15) is 0 Å². The van der Waals surface area contributed by atoms with Crippen molar-refractivity contribution in [2.45, 2.75) is 13.0 Å². The minimum Gasteiger partial charge on any atom is -0.322 e. The minimum absolute atomic E-state index is 0.000602. The first kappa shape index (κ1) is 12.2. The summed E-state index contributed by atoms with van der Waals surface area (Å²) in [4.78, 5) is 2.02.